The van der Waals surface area contributed by atoms with E-state index in [1.165, 1.54) is 0 Å². The van der Waals surface area contributed by atoms with Crippen LogP contribution in [0.15, 0.2) is 4.99 Å². The van der Waals surface area contributed by atoms with Crippen LogP contribution in [0.3, 0.4) is 0 Å². The van der Waals surface area contributed by atoms with E-state index in [9.17, 15) is 4.79 Å². The zero-order valence-corrected chi connectivity index (χ0v) is 9.47. The smallest absolute Gasteiger partial charge is 0.252 e. The van der Waals surface area contributed by atoms with Gasteiger partial charge in [0.05, 0.1) is 0 Å². The normalized spacial score (nSPS) is 38.1. The fourth-order valence-electron chi connectivity index (χ4n) is 2.39. The van der Waals surface area contributed by atoms with Crippen molar-refractivity contribution in [2.24, 2.45) is 10.9 Å². The lowest BCUT2D eigenvalue weighted by Crippen LogP contribution is -2.49. The van der Waals surface area contributed by atoms with Crippen molar-refractivity contribution in [1.29, 1.82) is 0 Å². The molecule has 1 amide bonds. The first-order valence-corrected chi connectivity index (χ1v) is 5.80. The highest BCUT2D eigenvalue weighted by atomic mass is 16.2. The highest BCUT2D eigenvalue weighted by Crippen LogP contribution is 2.33. The van der Waals surface area contributed by atoms with E-state index >= 15 is 0 Å². The summed E-state index contributed by atoms with van der Waals surface area (Å²) in [6.45, 7) is 4.92. The molecule has 1 spiro atoms. The molecule has 2 fully saturated rings. The average molecular weight is 209 g/mol. The highest BCUT2D eigenvalue weighted by molar-refractivity contribution is 6.09. The second kappa shape index (κ2) is 3.83. The molecule has 0 aromatic heterocycles. The molecule has 1 saturated carbocycles. The molecular weight excluding hydrogens is 190 g/mol. The fraction of sp³-hybridized carbons (Fsp3) is 0.818. The molecule has 0 aromatic carbocycles. The number of amides is 1. The summed E-state index contributed by atoms with van der Waals surface area (Å²) in [5.74, 6) is 1.52. The topological polar surface area (TPSA) is 53.5 Å². The largest absolute Gasteiger partial charge is 0.342 e. The van der Waals surface area contributed by atoms with Gasteiger partial charge in [0.25, 0.3) is 5.91 Å². The number of guanidine groups is 1. The number of hydrogen-bond acceptors (Lipinski definition) is 2. The van der Waals surface area contributed by atoms with E-state index in [4.69, 9.17) is 0 Å². The van der Waals surface area contributed by atoms with Crippen LogP contribution in [-0.4, -0.2) is 24.0 Å². The predicted octanol–water partition coefficient (Wildman–Crippen LogP) is 1.03. The van der Waals surface area contributed by atoms with Crippen LogP contribution in [0.25, 0.3) is 0 Å². The molecule has 0 aromatic rings. The second-order valence-corrected chi connectivity index (χ2v) is 4.67. The fourth-order valence-corrected chi connectivity index (χ4v) is 2.39. The Balaban J connectivity index is 2.10. The van der Waals surface area contributed by atoms with Gasteiger partial charge in [0.2, 0.25) is 0 Å². The van der Waals surface area contributed by atoms with Gasteiger partial charge in [-0.15, -0.1) is 0 Å². The third-order valence-electron chi connectivity index (χ3n) is 3.47. The van der Waals surface area contributed by atoms with Gasteiger partial charge in [0, 0.05) is 6.54 Å². The standard InChI is InChI=1S/C11H19N3O/c1-3-12-10-13-9(15)11(14-10)6-4-8(2)5-7-11/h8H,3-7H2,1-2H3,(H2,12,13,14,15). The number of nitrogens with one attached hydrogen (secondary N) is 2. The minimum absolute atomic E-state index is 0.113. The van der Waals surface area contributed by atoms with Crippen LogP contribution in [0, 0.1) is 5.92 Å². The first-order chi connectivity index (χ1) is 7.16. The number of rotatable bonds is 1. The minimum Gasteiger partial charge on any atom is -0.342 e. The van der Waals surface area contributed by atoms with Crippen molar-refractivity contribution in [1.82, 2.24) is 10.6 Å². The lowest BCUT2D eigenvalue weighted by atomic mass is 9.77. The maximum atomic E-state index is 11.9. The van der Waals surface area contributed by atoms with Gasteiger partial charge in [-0.2, -0.15) is 0 Å². The number of nitrogens with zero attached hydrogens (tertiary/aromatic N) is 1. The van der Waals surface area contributed by atoms with Gasteiger partial charge in [-0.05, 0) is 38.5 Å². The van der Waals surface area contributed by atoms with Crippen molar-refractivity contribution < 1.29 is 4.79 Å². The summed E-state index contributed by atoms with van der Waals surface area (Å²) in [4.78, 5) is 16.1. The molecule has 1 saturated heterocycles. The quantitative estimate of drug-likeness (QED) is 0.677. The molecule has 15 heavy (non-hydrogen) atoms. The minimum atomic E-state index is -0.347. The van der Waals surface area contributed by atoms with Crippen LogP contribution in [0.1, 0.15) is 39.5 Å². The molecule has 0 atom stereocenters. The van der Waals surface area contributed by atoms with E-state index in [1.54, 1.807) is 0 Å². The van der Waals surface area contributed by atoms with Crippen LogP contribution in [0.2, 0.25) is 0 Å². The van der Waals surface area contributed by atoms with E-state index in [0.29, 0.717) is 12.5 Å². The van der Waals surface area contributed by atoms with Crippen LogP contribution >= 0.6 is 0 Å². The third-order valence-corrected chi connectivity index (χ3v) is 3.47. The predicted molar refractivity (Wildman–Crippen MR) is 59.6 cm³/mol. The van der Waals surface area contributed by atoms with Crippen molar-refractivity contribution in [2.75, 3.05) is 6.54 Å². The Morgan fingerprint density at radius 3 is 2.73 bits per heavy atom. The van der Waals surface area contributed by atoms with E-state index in [0.717, 1.165) is 31.6 Å². The van der Waals surface area contributed by atoms with Crippen LogP contribution in [-0.2, 0) is 4.79 Å². The summed E-state index contributed by atoms with van der Waals surface area (Å²) in [6, 6.07) is 0. The van der Waals surface area contributed by atoms with Gasteiger partial charge in [0.15, 0.2) is 5.96 Å². The maximum absolute atomic E-state index is 11.9. The van der Waals surface area contributed by atoms with Gasteiger partial charge < -0.3 is 5.32 Å². The Hall–Kier alpha value is -1.06. The second-order valence-electron chi connectivity index (χ2n) is 4.67. The van der Waals surface area contributed by atoms with Crippen molar-refractivity contribution in [3.63, 3.8) is 0 Å². The Morgan fingerprint density at radius 2 is 2.13 bits per heavy atom. The first kappa shape index (κ1) is 10.5. The number of aliphatic imine (C=N–C) groups is 1. The van der Waals surface area contributed by atoms with E-state index < -0.39 is 0 Å². The highest BCUT2D eigenvalue weighted by Gasteiger charge is 2.46. The Labute approximate surface area is 90.5 Å². The van der Waals surface area contributed by atoms with E-state index in [2.05, 4.69) is 22.5 Å². The molecule has 2 N–H and O–H groups in total. The average Bonchev–Trinajstić information content (AvgIpc) is 2.50. The van der Waals surface area contributed by atoms with E-state index in [1.807, 2.05) is 6.92 Å². The molecule has 1 heterocycles. The van der Waals surface area contributed by atoms with Gasteiger partial charge in [0.1, 0.15) is 5.54 Å². The monoisotopic (exact) mass is 209 g/mol. The summed E-state index contributed by atoms with van der Waals surface area (Å²) in [6.07, 6.45) is 4.12. The molecule has 2 rings (SSSR count). The number of carbonyl (C=O) groups is 1. The van der Waals surface area contributed by atoms with Crippen molar-refractivity contribution >= 4 is 11.9 Å². The van der Waals surface area contributed by atoms with Crippen molar-refractivity contribution in [3.8, 4) is 0 Å². The molecule has 2 aliphatic rings. The summed E-state index contributed by atoms with van der Waals surface area (Å²) in [7, 11) is 0. The van der Waals surface area contributed by atoms with Gasteiger partial charge >= 0.3 is 0 Å². The van der Waals surface area contributed by atoms with Gasteiger partial charge in [-0.1, -0.05) is 6.92 Å². The summed E-state index contributed by atoms with van der Waals surface area (Å²) >= 11 is 0. The molecule has 0 radical (unpaired) electrons. The third kappa shape index (κ3) is 1.85. The van der Waals surface area contributed by atoms with Crippen molar-refractivity contribution in [2.45, 2.75) is 45.1 Å². The van der Waals surface area contributed by atoms with Gasteiger partial charge in [-0.3, -0.25) is 15.1 Å². The van der Waals surface area contributed by atoms with Crippen molar-refractivity contribution in [3.05, 3.63) is 0 Å². The van der Waals surface area contributed by atoms with Crippen LogP contribution in [0.4, 0.5) is 0 Å². The Morgan fingerprint density at radius 1 is 1.47 bits per heavy atom. The molecule has 84 valence electrons. The zero-order valence-electron chi connectivity index (χ0n) is 9.47. The zero-order chi connectivity index (χ0) is 10.9. The summed E-state index contributed by atoms with van der Waals surface area (Å²) in [5.41, 5.74) is -0.347. The summed E-state index contributed by atoms with van der Waals surface area (Å²) in [5, 5.41) is 6.10. The molecule has 0 unspecified atom stereocenters. The molecule has 1 aliphatic heterocycles. The lowest BCUT2D eigenvalue weighted by molar-refractivity contribution is -0.125. The molecule has 1 aliphatic carbocycles. The summed E-state index contributed by atoms with van der Waals surface area (Å²) < 4.78 is 0. The van der Waals surface area contributed by atoms with Crippen LogP contribution < -0.4 is 10.6 Å². The number of carbonyl (C=O) groups excluding carboxylic acids is 1. The van der Waals surface area contributed by atoms with Gasteiger partial charge in [-0.25, -0.2) is 0 Å². The van der Waals surface area contributed by atoms with E-state index in [-0.39, 0.29) is 11.4 Å². The molecule has 4 nitrogen and oxygen atoms in total. The SMILES string of the molecule is CCN=C1NC(=O)C2(CCC(C)CC2)N1. The van der Waals surface area contributed by atoms with Crippen LogP contribution in [0.5, 0.6) is 0 Å². The molecule has 4 heteroatoms. The Bertz CT molecular complexity index is 290. The maximum Gasteiger partial charge on any atom is 0.252 e. The first-order valence-electron chi connectivity index (χ1n) is 5.80. The molecule has 0 bridgehead atoms. The number of hydrogen-bond donors (Lipinski definition) is 2. The lowest BCUT2D eigenvalue weighted by Gasteiger charge is -2.33. The molecular formula is C11H19N3O. The Kier molecular flexibility index (Phi) is 2.67.